The van der Waals surface area contributed by atoms with Crippen molar-refractivity contribution in [1.29, 1.82) is 0 Å². The zero-order chi connectivity index (χ0) is 10.8. The number of methoxy groups -OCH3 is 1. The van der Waals surface area contributed by atoms with E-state index >= 15 is 0 Å². The van der Waals surface area contributed by atoms with E-state index in [0.29, 0.717) is 0 Å². The number of hydrogen-bond acceptors (Lipinski definition) is 3. The maximum atomic E-state index is 9.18. The molecule has 0 aromatic heterocycles. The minimum Gasteiger partial charge on any atom is -0.496 e. The highest BCUT2D eigenvalue weighted by Crippen LogP contribution is 2.28. The summed E-state index contributed by atoms with van der Waals surface area (Å²) in [6.45, 7) is 3.66. The van der Waals surface area contributed by atoms with Crippen LogP contribution in [0.2, 0.25) is 0 Å². The highest BCUT2D eigenvalue weighted by molar-refractivity contribution is 5.41. The number of nitrogens with two attached hydrogens (primary N) is 1. The standard InChI is InChI=1S/C11H17NO2/c1-8-4-5-10(14-3)9(6-8)11(2,12)7-13/h4-6,13H,7,12H2,1-3H3/t11-/m0/s1. The highest BCUT2D eigenvalue weighted by atomic mass is 16.5. The van der Waals surface area contributed by atoms with Crippen LogP contribution in [0.15, 0.2) is 18.2 Å². The Bertz CT molecular complexity index is 321. The zero-order valence-electron chi connectivity index (χ0n) is 8.87. The van der Waals surface area contributed by atoms with Gasteiger partial charge >= 0.3 is 0 Å². The molecule has 3 N–H and O–H groups in total. The molecule has 0 radical (unpaired) electrons. The Hall–Kier alpha value is -1.06. The number of aryl methyl sites for hydroxylation is 1. The van der Waals surface area contributed by atoms with Gasteiger partial charge in [0, 0.05) is 5.56 Å². The Balaban J connectivity index is 3.23. The molecule has 3 nitrogen and oxygen atoms in total. The first-order chi connectivity index (χ1) is 6.51. The molecule has 0 aliphatic carbocycles. The van der Waals surface area contributed by atoms with Crippen LogP contribution in [-0.2, 0) is 5.54 Å². The van der Waals surface area contributed by atoms with Crippen molar-refractivity contribution in [3.63, 3.8) is 0 Å². The Morgan fingerprint density at radius 2 is 2.14 bits per heavy atom. The van der Waals surface area contributed by atoms with Crippen molar-refractivity contribution in [1.82, 2.24) is 0 Å². The molecule has 0 saturated carbocycles. The fraction of sp³-hybridized carbons (Fsp3) is 0.455. The van der Waals surface area contributed by atoms with Gasteiger partial charge < -0.3 is 15.6 Å². The summed E-state index contributed by atoms with van der Waals surface area (Å²) in [5, 5.41) is 9.18. The van der Waals surface area contributed by atoms with Gasteiger partial charge in [0.2, 0.25) is 0 Å². The Morgan fingerprint density at radius 3 is 2.64 bits per heavy atom. The monoisotopic (exact) mass is 195 g/mol. The Labute approximate surface area is 84.5 Å². The number of benzene rings is 1. The van der Waals surface area contributed by atoms with E-state index in [0.717, 1.165) is 16.9 Å². The third kappa shape index (κ3) is 2.05. The van der Waals surface area contributed by atoms with Gasteiger partial charge in [-0.3, -0.25) is 0 Å². The molecule has 0 aliphatic rings. The third-order valence-corrected chi connectivity index (χ3v) is 2.30. The molecule has 0 spiro atoms. The van der Waals surface area contributed by atoms with Crippen LogP contribution in [0.1, 0.15) is 18.1 Å². The quantitative estimate of drug-likeness (QED) is 0.761. The van der Waals surface area contributed by atoms with Gasteiger partial charge in [-0.1, -0.05) is 17.7 Å². The Morgan fingerprint density at radius 1 is 1.50 bits per heavy atom. The molecule has 1 rings (SSSR count). The zero-order valence-corrected chi connectivity index (χ0v) is 8.87. The predicted molar refractivity (Wildman–Crippen MR) is 56.4 cm³/mol. The first kappa shape index (κ1) is 11.0. The fourth-order valence-electron chi connectivity index (χ4n) is 1.35. The van der Waals surface area contributed by atoms with Crippen molar-refractivity contribution in [3.05, 3.63) is 29.3 Å². The second-order valence-corrected chi connectivity index (χ2v) is 3.78. The summed E-state index contributed by atoms with van der Waals surface area (Å²) in [5.41, 5.74) is 7.14. The third-order valence-electron chi connectivity index (χ3n) is 2.30. The second-order valence-electron chi connectivity index (χ2n) is 3.78. The predicted octanol–water partition coefficient (Wildman–Crippen LogP) is 1.17. The van der Waals surface area contributed by atoms with E-state index in [1.807, 2.05) is 25.1 Å². The second kappa shape index (κ2) is 3.98. The van der Waals surface area contributed by atoms with Crippen LogP contribution >= 0.6 is 0 Å². The number of aliphatic hydroxyl groups is 1. The van der Waals surface area contributed by atoms with Crippen LogP contribution in [0.5, 0.6) is 5.75 Å². The fourth-order valence-corrected chi connectivity index (χ4v) is 1.35. The van der Waals surface area contributed by atoms with Crippen LogP contribution in [-0.4, -0.2) is 18.8 Å². The van der Waals surface area contributed by atoms with Crippen molar-refractivity contribution < 1.29 is 9.84 Å². The van der Waals surface area contributed by atoms with Crippen LogP contribution < -0.4 is 10.5 Å². The number of ether oxygens (including phenoxy) is 1. The van der Waals surface area contributed by atoms with Crippen molar-refractivity contribution in [3.8, 4) is 5.75 Å². The minimum absolute atomic E-state index is 0.104. The molecule has 0 aliphatic heterocycles. The van der Waals surface area contributed by atoms with Crippen molar-refractivity contribution in [2.45, 2.75) is 19.4 Å². The van der Waals surface area contributed by atoms with E-state index in [9.17, 15) is 5.11 Å². The summed E-state index contributed by atoms with van der Waals surface area (Å²) in [6.07, 6.45) is 0. The van der Waals surface area contributed by atoms with E-state index in [1.54, 1.807) is 14.0 Å². The summed E-state index contributed by atoms with van der Waals surface area (Å²) >= 11 is 0. The summed E-state index contributed by atoms with van der Waals surface area (Å²) in [6, 6.07) is 5.76. The normalized spacial score (nSPS) is 14.9. The van der Waals surface area contributed by atoms with Gasteiger partial charge in [0.15, 0.2) is 0 Å². The average Bonchev–Trinajstić information content (AvgIpc) is 2.18. The van der Waals surface area contributed by atoms with E-state index in [-0.39, 0.29) is 6.61 Å². The lowest BCUT2D eigenvalue weighted by molar-refractivity contribution is 0.206. The highest BCUT2D eigenvalue weighted by Gasteiger charge is 2.23. The van der Waals surface area contributed by atoms with Crippen molar-refractivity contribution in [2.24, 2.45) is 5.73 Å². The molecule has 0 fully saturated rings. The molecule has 0 bridgehead atoms. The first-order valence-electron chi connectivity index (χ1n) is 4.56. The molecule has 3 heteroatoms. The number of aliphatic hydroxyl groups excluding tert-OH is 1. The molecular weight excluding hydrogens is 178 g/mol. The maximum absolute atomic E-state index is 9.18. The van der Waals surface area contributed by atoms with Crippen LogP contribution in [0.3, 0.4) is 0 Å². The number of rotatable bonds is 3. The summed E-state index contributed by atoms with van der Waals surface area (Å²) in [4.78, 5) is 0. The molecular formula is C11H17NO2. The van der Waals surface area contributed by atoms with E-state index in [4.69, 9.17) is 10.5 Å². The minimum atomic E-state index is -0.753. The molecule has 1 aromatic rings. The van der Waals surface area contributed by atoms with E-state index in [2.05, 4.69) is 0 Å². The lowest BCUT2D eigenvalue weighted by Gasteiger charge is -2.24. The SMILES string of the molecule is COc1ccc(C)cc1[C@@](C)(N)CO. The lowest BCUT2D eigenvalue weighted by atomic mass is 9.92. The topological polar surface area (TPSA) is 55.5 Å². The molecule has 78 valence electrons. The van der Waals surface area contributed by atoms with Gasteiger partial charge in [0.05, 0.1) is 19.3 Å². The molecule has 1 aromatic carbocycles. The van der Waals surface area contributed by atoms with Gasteiger partial charge in [-0.15, -0.1) is 0 Å². The first-order valence-corrected chi connectivity index (χ1v) is 4.56. The van der Waals surface area contributed by atoms with Gasteiger partial charge in [-0.05, 0) is 19.9 Å². The van der Waals surface area contributed by atoms with Gasteiger partial charge in [-0.25, -0.2) is 0 Å². The van der Waals surface area contributed by atoms with Crippen LogP contribution in [0.25, 0.3) is 0 Å². The maximum Gasteiger partial charge on any atom is 0.124 e. The lowest BCUT2D eigenvalue weighted by Crippen LogP contribution is -2.37. The molecule has 0 heterocycles. The number of hydrogen-bond donors (Lipinski definition) is 2. The molecule has 0 unspecified atom stereocenters. The smallest absolute Gasteiger partial charge is 0.124 e. The summed E-state index contributed by atoms with van der Waals surface area (Å²) in [7, 11) is 1.60. The van der Waals surface area contributed by atoms with Gasteiger partial charge in [0.25, 0.3) is 0 Å². The molecule has 14 heavy (non-hydrogen) atoms. The van der Waals surface area contributed by atoms with Gasteiger partial charge in [-0.2, -0.15) is 0 Å². The van der Waals surface area contributed by atoms with Crippen LogP contribution in [0, 0.1) is 6.92 Å². The van der Waals surface area contributed by atoms with E-state index in [1.165, 1.54) is 0 Å². The Kier molecular flexibility index (Phi) is 3.13. The molecule has 0 saturated heterocycles. The van der Waals surface area contributed by atoms with Crippen LogP contribution in [0.4, 0.5) is 0 Å². The van der Waals surface area contributed by atoms with E-state index < -0.39 is 5.54 Å². The summed E-state index contributed by atoms with van der Waals surface area (Å²) in [5.74, 6) is 0.717. The molecule has 1 atom stereocenters. The molecule has 0 amide bonds. The van der Waals surface area contributed by atoms with Gasteiger partial charge in [0.1, 0.15) is 5.75 Å². The average molecular weight is 195 g/mol. The van der Waals surface area contributed by atoms with Crippen molar-refractivity contribution >= 4 is 0 Å². The largest absolute Gasteiger partial charge is 0.496 e. The van der Waals surface area contributed by atoms with Crippen molar-refractivity contribution in [2.75, 3.05) is 13.7 Å². The summed E-state index contributed by atoms with van der Waals surface area (Å²) < 4.78 is 5.20.